The summed E-state index contributed by atoms with van der Waals surface area (Å²) in [5.41, 5.74) is 6.68. The van der Waals surface area contributed by atoms with E-state index in [0.717, 1.165) is 48.4 Å². The standard InChI is InChI=1S/C28H35N3O3/c1-17-7-13-23(19-5-4-6-19)26-24(17)16-31(28(33)30-26)22-11-8-20(9-12-22)27(32)29-21-10-14-25(34-3)18(2)15-21/h7,10,13-15,19-20,22H,4-6,8-9,11-12,16H2,1-3H3,(H,29,32)(H,30,33). The average molecular weight is 462 g/mol. The number of aryl methyl sites for hydroxylation is 2. The molecular formula is C28H35N3O3. The largest absolute Gasteiger partial charge is 0.496 e. The lowest BCUT2D eigenvalue weighted by Crippen LogP contribution is -2.47. The molecule has 2 N–H and O–H groups in total. The van der Waals surface area contributed by atoms with Crippen molar-refractivity contribution in [1.82, 2.24) is 4.90 Å². The minimum absolute atomic E-state index is 0.0142. The topological polar surface area (TPSA) is 70.7 Å². The van der Waals surface area contributed by atoms with Crippen LogP contribution in [-0.2, 0) is 11.3 Å². The number of rotatable bonds is 5. The molecule has 2 saturated carbocycles. The number of fused-ring (bicyclic) bond motifs is 1. The molecule has 6 heteroatoms. The van der Waals surface area contributed by atoms with Crippen molar-refractivity contribution in [3.8, 4) is 5.75 Å². The first-order valence-corrected chi connectivity index (χ1v) is 12.6. The fourth-order valence-electron chi connectivity index (χ4n) is 5.75. The summed E-state index contributed by atoms with van der Waals surface area (Å²) in [6.45, 7) is 4.78. The summed E-state index contributed by atoms with van der Waals surface area (Å²) in [7, 11) is 1.65. The zero-order chi connectivity index (χ0) is 23.8. The SMILES string of the molecule is COc1ccc(NC(=O)C2CCC(N3Cc4c(C)ccc(C5CCC5)c4NC3=O)CC2)cc1C. The van der Waals surface area contributed by atoms with Gasteiger partial charge < -0.3 is 20.3 Å². The van der Waals surface area contributed by atoms with Crippen LogP contribution in [-0.4, -0.2) is 30.0 Å². The Morgan fingerprint density at radius 1 is 1.03 bits per heavy atom. The van der Waals surface area contributed by atoms with Gasteiger partial charge in [0.2, 0.25) is 5.91 Å². The quantitative estimate of drug-likeness (QED) is 0.563. The van der Waals surface area contributed by atoms with Gasteiger partial charge in [0.25, 0.3) is 0 Å². The first kappa shape index (κ1) is 22.8. The lowest BCUT2D eigenvalue weighted by molar-refractivity contribution is -0.121. The minimum atomic E-state index is -0.0225. The van der Waals surface area contributed by atoms with E-state index in [2.05, 4.69) is 29.7 Å². The van der Waals surface area contributed by atoms with E-state index < -0.39 is 0 Å². The number of methoxy groups -OCH3 is 1. The van der Waals surface area contributed by atoms with Gasteiger partial charge in [0.05, 0.1) is 19.3 Å². The molecule has 2 fully saturated rings. The Balaban J connectivity index is 1.22. The first-order valence-electron chi connectivity index (χ1n) is 12.6. The molecule has 2 aromatic carbocycles. The Morgan fingerprint density at radius 3 is 2.44 bits per heavy atom. The maximum absolute atomic E-state index is 13.1. The third-order valence-electron chi connectivity index (χ3n) is 8.12. The normalized spacial score (nSPS) is 22.4. The molecule has 3 amide bonds. The van der Waals surface area contributed by atoms with E-state index in [4.69, 9.17) is 4.74 Å². The second kappa shape index (κ2) is 9.32. The predicted molar refractivity (Wildman–Crippen MR) is 134 cm³/mol. The molecule has 0 saturated heterocycles. The van der Waals surface area contributed by atoms with Crippen molar-refractivity contribution >= 4 is 23.3 Å². The number of hydrogen-bond donors (Lipinski definition) is 2. The van der Waals surface area contributed by atoms with E-state index >= 15 is 0 Å². The van der Waals surface area contributed by atoms with Gasteiger partial charge in [-0.15, -0.1) is 0 Å². The van der Waals surface area contributed by atoms with Gasteiger partial charge in [0.15, 0.2) is 0 Å². The van der Waals surface area contributed by atoms with Gasteiger partial charge >= 0.3 is 6.03 Å². The van der Waals surface area contributed by atoms with E-state index in [1.54, 1.807) is 7.11 Å². The van der Waals surface area contributed by atoms with E-state index in [1.165, 1.54) is 36.0 Å². The maximum atomic E-state index is 13.1. The van der Waals surface area contributed by atoms with Crippen LogP contribution in [0.1, 0.15) is 73.1 Å². The Morgan fingerprint density at radius 2 is 1.79 bits per heavy atom. The summed E-state index contributed by atoms with van der Waals surface area (Å²) >= 11 is 0. The van der Waals surface area contributed by atoms with Crippen molar-refractivity contribution in [3.63, 3.8) is 0 Å². The minimum Gasteiger partial charge on any atom is -0.496 e. The van der Waals surface area contributed by atoms with E-state index in [9.17, 15) is 9.59 Å². The third kappa shape index (κ3) is 4.26. The van der Waals surface area contributed by atoms with Gasteiger partial charge in [-0.2, -0.15) is 0 Å². The molecule has 1 heterocycles. The number of anilines is 2. The lowest BCUT2D eigenvalue weighted by Gasteiger charge is -2.41. The molecular weight excluding hydrogens is 426 g/mol. The molecule has 1 aliphatic heterocycles. The molecule has 2 aromatic rings. The Bertz CT molecular complexity index is 1100. The van der Waals surface area contributed by atoms with Crippen LogP contribution in [0.15, 0.2) is 30.3 Å². The van der Waals surface area contributed by atoms with Gasteiger partial charge in [-0.05, 0) is 98.7 Å². The molecule has 2 aliphatic carbocycles. The summed E-state index contributed by atoms with van der Waals surface area (Å²) < 4.78 is 5.31. The number of urea groups is 1. The average Bonchev–Trinajstić information content (AvgIpc) is 2.80. The predicted octanol–water partition coefficient (Wildman–Crippen LogP) is 6.12. The van der Waals surface area contributed by atoms with Crippen LogP contribution in [0.25, 0.3) is 0 Å². The van der Waals surface area contributed by atoms with Crippen LogP contribution in [0.4, 0.5) is 16.2 Å². The van der Waals surface area contributed by atoms with Crippen LogP contribution >= 0.6 is 0 Å². The zero-order valence-corrected chi connectivity index (χ0v) is 20.4. The summed E-state index contributed by atoms with van der Waals surface area (Å²) in [4.78, 5) is 28.0. The fourth-order valence-corrected chi connectivity index (χ4v) is 5.75. The van der Waals surface area contributed by atoms with Gasteiger partial charge in [0, 0.05) is 17.6 Å². The highest BCUT2D eigenvalue weighted by Gasteiger charge is 2.36. The highest BCUT2D eigenvalue weighted by molar-refractivity contribution is 5.94. The zero-order valence-electron chi connectivity index (χ0n) is 20.4. The highest BCUT2D eigenvalue weighted by atomic mass is 16.5. The molecule has 3 aliphatic rings. The van der Waals surface area contributed by atoms with Gasteiger partial charge in [-0.1, -0.05) is 18.6 Å². The van der Waals surface area contributed by atoms with E-state index in [1.807, 2.05) is 30.0 Å². The molecule has 0 spiro atoms. The number of benzene rings is 2. The summed E-state index contributed by atoms with van der Waals surface area (Å²) in [6.07, 6.45) is 7.01. The van der Waals surface area contributed by atoms with Crippen LogP contribution in [0.5, 0.6) is 5.75 Å². The van der Waals surface area contributed by atoms with Crippen LogP contribution in [0, 0.1) is 19.8 Å². The molecule has 6 nitrogen and oxygen atoms in total. The molecule has 5 rings (SSSR count). The van der Waals surface area contributed by atoms with Crippen LogP contribution < -0.4 is 15.4 Å². The Kier molecular flexibility index (Phi) is 6.24. The monoisotopic (exact) mass is 461 g/mol. The Hall–Kier alpha value is -3.02. The summed E-state index contributed by atoms with van der Waals surface area (Å²) in [5.74, 6) is 1.45. The van der Waals surface area contributed by atoms with Crippen LogP contribution in [0.2, 0.25) is 0 Å². The van der Waals surface area contributed by atoms with E-state index in [0.29, 0.717) is 12.5 Å². The number of nitrogens with one attached hydrogen (secondary N) is 2. The smallest absolute Gasteiger partial charge is 0.322 e. The molecule has 0 atom stereocenters. The fraction of sp³-hybridized carbons (Fsp3) is 0.500. The number of hydrogen-bond acceptors (Lipinski definition) is 3. The molecule has 0 radical (unpaired) electrons. The van der Waals surface area contributed by atoms with Crippen LogP contribution in [0.3, 0.4) is 0 Å². The molecule has 0 aromatic heterocycles. The lowest BCUT2D eigenvalue weighted by atomic mass is 9.77. The van der Waals surface area contributed by atoms with Crippen molar-refractivity contribution in [1.29, 1.82) is 0 Å². The summed E-state index contributed by atoms with van der Waals surface area (Å²) in [5, 5.41) is 6.31. The molecule has 180 valence electrons. The summed E-state index contributed by atoms with van der Waals surface area (Å²) in [6, 6.07) is 10.3. The van der Waals surface area contributed by atoms with Crippen molar-refractivity contribution in [2.75, 3.05) is 17.7 Å². The molecule has 34 heavy (non-hydrogen) atoms. The third-order valence-corrected chi connectivity index (χ3v) is 8.12. The molecule has 0 bridgehead atoms. The van der Waals surface area contributed by atoms with Crippen molar-refractivity contribution in [3.05, 3.63) is 52.6 Å². The van der Waals surface area contributed by atoms with Gasteiger partial charge in [0.1, 0.15) is 5.75 Å². The van der Waals surface area contributed by atoms with Gasteiger partial charge in [-0.25, -0.2) is 4.79 Å². The molecule has 0 unspecified atom stereocenters. The van der Waals surface area contributed by atoms with Crippen molar-refractivity contribution < 1.29 is 14.3 Å². The van der Waals surface area contributed by atoms with Crippen molar-refractivity contribution in [2.45, 2.75) is 77.3 Å². The van der Waals surface area contributed by atoms with Gasteiger partial charge in [-0.3, -0.25) is 4.79 Å². The maximum Gasteiger partial charge on any atom is 0.322 e. The Labute approximate surface area is 202 Å². The second-order valence-corrected chi connectivity index (χ2v) is 10.2. The number of ether oxygens (including phenoxy) is 1. The van der Waals surface area contributed by atoms with Crippen molar-refractivity contribution in [2.24, 2.45) is 5.92 Å². The number of amides is 3. The number of nitrogens with zero attached hydrogens (tertiary/aromatic N) is 1. The second-order valence-electron chi connectivity index (χ2n) is 10.2. The highest BCUT2D eigenvalue weighted by Crippen LogP contribution is 2.44. The van der Waals surface area contributed by atoms with E-state index in [-0.39, 0.29) is 23.9 Å². The first-order chi connectivity index (χ1) is 16.4. The number of carbonyl (C=O) groups is 2. The number of carbonyl (C=O) groups excluding carboxylic acids is 2.